The van der Waals surface area contributed by atoms with E-state index in [0.29, 0.717) is 16.9 Å². The maximum Gasteiger partial charge on any atom is 0.293 e. The molecule has 1 heterocycles. The summed E-state index contributed by atoms with van der Waals surface area (Å²) in [5.41, 5.74) is 0.00195. The number of carbonyl (C=O) groups excluding carboxylic acids is 1. The summed E-state index contributed by atoms with van der Waals surface area (Å²) in [5, 5.41) is 0. The third-order valence-corrected chi connectivity index (χ3v) is 4.31. The minimum Gasteiger partial charge on any atom is -0.497 e. The van der Waals surface area contributed by atoms with E-state index in [0.717, 1.165) is 0 Å². The Morgan fingerprint density at radius 1 is 1.28 bits per heavy atom. The zero-order valence-electron chi connectivity index (χ0n) is 14.0. The molecule has 3 rings (SSSR count). The summed E-state index contributed by atoms with van der Waals surface area (Å²) in [7, 11) is 1.58. The van der Waals surface area contributed by atoms with E-state index in [9.17, 15) is 9.18 Å². The van der Waals surface area contributed by atoms with E-state index in [2.05, 4.69) is 11.6 Å². The number of rotatable bonds is 5. The van der Waals surface area contributed by atoms with Crippen molar-refractivity contribution in [3.8, 4) is 5.75 Å². The molecular formula is C20H18FNO3. The van der Waals surface area contributed by atoms with Gasteiger partial charge in [-0.05, 0) is 48.9 Å². The van der Waals surface area contributed by atoms with Crippen molar-refractivity contribution in [3.63, 3.8) is 0 Å². The lowest BCUT2D eigenvalue weighted by atomic mass is 9.83. The number of aliphatic imine (C=N–C) groups is 1. The Kier molecular flexibility index (Phi) is 4.40. The van der Waals surface area contributed by atoms with Gasteiger partial charge in [-0.2, -0.15) is 4.99 Å². The number of halogens is 1. The molecule has 25 heavy (non-hydrogen) atoms. The zero-order chi connectivity index (χ0) is 18.0. The molecule has 1 amide bonds. The molecule has 1 aliphatic rings. The first-order chi connectivity index (χ1) is 12.0. The van der Waals surface area contributed by atoms with Gasteiger partial charge in [0.2, 0.25) is 5.90 Å². The molecule has 2 aromatic carbocycles. The summed E-state index contributed by atoms with van der Waals surface area (Å²) < 4.78 is 24.6. The molecule has 5 heteroatoms. The molecule has 2 aromatic rings. The number of methoxy groups -OCH3 is 1. The molecule has 0 saturated carbocycles. The van der Waals surface area contributed by atoms with E-state index in [-0.39, 0.29) is 11.7 Å². The van der Waals surface area contributed by atoms with Gasteiger partial charge in [0.25, 0.3) is 5.91 Å². The van der Waals surface area contributed by atoms with Crippen molar-refractivity contribution in [1.82, 2.24) is 0 Å². The second kappa shape index (κ2) is 6.51. The second-order valence-corrected chi connectivity index (χ2v) is 5.93. The van der Waals surface area contributed by atoms with E-state index in [1.165, 1.54) is 12.1 Å². The second-order valence-electron chi connectivity index (χ2n) is 5.93. The fraction of sp³-hybridized carbons (Fsp3) is 0.200. The van der Waals surface area contributed by atoms with Gasteiger partial charge in [-0.1, -0.05) is 18.2 Å². The van der Waals surface area contributed by atoms with E-state index in [1.807, 2.05) is 0 Å². The number of hydrogen-bond acceptors (Lipinski definition) is 3. The van der Waals surface area contributed by atoms with Crippen molar-refractivity contribution < 1.29 is 18.7 Å². The summed E-state index contributed by atoms with van der Waals surface area (Å²) >= 11 is 0. The standard InChI is InChI=1S/C20H18FNO3/c1-4-17(14-6-5-7-15(21)12-14)20(2)19(23)22-18(25-20)13-8-10-16(24-3)11-9-13/h4-12,17H,1H2,2-3H3/t17-,20-/m1/s1. The molecule has 0 unspecified atom stereocenters. The third kappa shape index (κ3) is 3.05. The molecule has 0 aliphatic carbocycles. The Morgan fingerprint density at radius 3 is 2.60 bits per heavy atom. The van der Waals surface area contributed by atoms with Crippen LogP contribution in [0.1, 0.15) is 24.0 Å². The Hall–Kier alpha value is -2.95. The summed E-state index contributed by atoms with van der Waals surface area (Å²) in [6.07, 6.45) is 1.58. The molecule has 0 bridgehead atoms. The van der Waals surface area contributed by atoms with Crippen molar-refractivity contribution in [2.75, 3.05) is 7.11 Å². The smallest absolute Gasteiger partial charge is 0.293 e. The van der Waals surface area contributed by atoms with Gasteiger partial charge >= 0.3 is 0 Å². The van der Waals surface area contributed by atoms with Crippen molar-refractivity contribution in [2.45, 2.75) is 18.4 Å². The lowest BCUT2D eigenvalue weighted by Crippen LogP contribution is -2.39. The predicted molar refractivity (Wildman–Crippen MR) is 93.4 cm³/mol. The average molecular weight is 339 g/mol. The molecule has 0 fully saturated rings. The molecule has 0 aromatic heterocycles. The van der Waals surface area contributed by atoms with E-state index in [1.54, 1.807) is 56.5 Å². The molecule has 1 aliphatic heterocycles. The Bertz CT molecular complexity index is 844. The maximum absolute atomic E-state index is 13.6. The first-order valence-electron chi connectivity index (χ1n) is 7.82. The Balaban J connectivity index is 1.92. The van der Waals surface area contributed by atoms with Crippen LogP contribution in [0.3, 0.4) is 0 Å². The largest absolute Gasteiger partial charge is 0.497 e. The van der Waals surface area contributed by atoms with E-state index in [4.69, 9.17) is 9.47 Å². The fourth-order valence-corrected chi connectivity index (χ4v) is 2.90. The number of benzene rings is 2. The van der Waals surface area contributed by atoms with Crippen LogP contribution in [0.4, 0.5) is 4.39 Å². The topological polar surface area (TPSA) is 47.9 Å². The highest BCUT2D eigenvalue weighted by atomic mass is 19.1. The van der Waals surface area contributed by atoms with Gasteiger partial charge in [-0.3, -0.25) is 4.79 Å². The third-order valence-electron chi connectivity index (χ3n) is 4.31. The van der Waals surface area contributed by atoms with Crippen molar-refractivity contribution >= 4 is 11.8 Å². The van der Waals surface area contributed by atoms with E-state index >= 15 is 0 Å². The van der Waals surface area contributed by atoms with Gasteiger partial charge in [-0.25, -0.2) is 4.39 Å². The fourth-order valence-electron chi connectivity index (χ4n) is 2.90. The minimum absolute atomic E-state index is 0.235. The van der Waals surface area contributed by atoms with Gasteiger partial charge < -0.3 is 9.47 Å². The van der Waals surface area contributed by atoms with Crippen LogP contribution in [-0.2, 0) is 9.53 Å². The Morgan fingerprint density at radius 2 is 2.00 bits per heavy atom. The van der Waals surface area contributed by atoms with Gasteiger partial charge in [0.1, 0.15) is 11.6 Å². The molecule has 0 spiro atoms. The number of amides is 1. The van der Waals surface area contributed by atoms with Crippen molar-refractivity contribution in [1.29, 1.82) is 0 Å². The molecule has 0 saturated heterocycles. The van der Waals surface area contributed by atoms with Crippen LogP contribution in [0.15, 0.2) is 66.2 Å². The highest BCUT2D eigenvalue weighted by Gasteiger charge is 2.48. The SMILES string of the molecule is C=C[C@H](c1cccc(F)c1)[C@@]1(C)OC(c2ccc(OC)cc2)=NC1=O. The molecule has 0 radical (unpaired) electrons. The molecule has 128 valence electrons. The number of hydrogen-bond donors (Lipinski definition) is 0. The first kappa shape index (κ1) is 16.9. The molecule has 2 atom stereocenters. The van der Waals surface area contributed by atoms with Gasteiger partial charge in [0, 0.05) is 5.56 Å². The van der Waals surface area contributed by atoms with Crippen molar-refractivity contribution in [3.05, 3.63) is 78.1 Å². The molecule has 4 nitrogen and oxygen atoms in total. The summed E-state index contributed by atoms with van der Waals surface area (Å²) in [6, 6.07) is 13.1. The van der Waals surface area contributed by atoms with Crippen LogP contribution < -0.4 is 4.74 Å². The highest BCUT2D eigenvalue weighted by molar-refractivity contribution is 6.09. The first-order valence-corrected chi connectivity index (χ1v) is 7.82. The summed E-state index contributed by atoms with van der Waals surface area (Å²) in [5.74, 6) is -0.407. The Labute approximate surface area is 145 Å². The van der Waals surface area contributed by atoms with Crippen LogP contribution in [0.2, 0.25) is 0 Å². The molecule has 0 N–H and O–H groups in total. The quantitative estimate of drug-likeness (QED) is 0.777. The molecular weight excluding hydrogens is 321 g/mol. The normalized spacial score (nSPS) is 20.6. The minimum atomic E-state index is -1.27. The predicted octanol–water partition coefficient (Wildman–Crippen LogP) is 3.87. The van der Waals surface area contributed by atoms with Crippen LogP contribution in [-0.4, -0.2) is 24.5 Å². The van der Waals surface area contributed by atoms with E-state index < -0.39 is 17.4 Å². The average Bonchev–Trinajstić information content (AvgIpc) is 2.91. The van der Waals surface area contributed by atoms with Gasteiger partial charge in [0.15, 0.2) is 5.60 Å². The van der Waals surface area contributed by atoms with Gasteiger partial charge in [-0.15, -0.1) is 6.58 Å². The number of ether oxygens (including phenoxy) is 2. The van der Waals surface area contributed by atoms with Crippen LogP contribution in [0.25, 0.3) is 0 Å². The summed E-state index contributed by atoms with van der Waals surface area (Å²) in [6.45, 7) is 5.44. The van der Waals surface area contributed by atoms with Gasteiger partial charge in [0.05, 0.1) is 13.0 Å². The van der Waals surface area contributed by atoms with Crippen LogP contribution in [0.5, 0.6) is 5.75 Å². The zero-order valence-corrected chi connectivity index (χ0v) is 14.0. The number of carbonyl (C=O) groups is 1. The number of nitrogens with zero attached hydrogens (tertiary/aromatic N) is 1. The summed E-state index contributed by atoms with van der Waals surface area (Å²) in [4.78, 5) is 16.6. The highest BCUT2D eigenvalue weighted by Crippen LogP contribution is 2.38. The van der Waals surface area contributed by atoms with Crippen molar-refractivity contribution in [2.24, 2.45) is 4.99 Å². The van der Waals surface area contributed by atoms with Crippen LogP contribution >= 0.6 is 0 Å². The monoisotopic (exact) mass is 339 g/mol. The maximum atomic E-state index is 13.6. The van der Waals surface area contributed by atoms with Crippen LogP contribution in [0, 0.1) is 5.82 Å². The lowest BCUT2D eigenvalue weighted by molar-refractivity contribution is -0.130. The lowest BCUT2D eigenvalue weighted by Gasteiger charge is -2.29.